The molecule has 1 atom stereocenters. The minimum absolute atomic E-state index is 0.0920. The van der Waals surface area contributed by atoms with Crippen LogP contribution in [0.3, 0.4) is 0 Å². The van der Waals surface area contributed by atoms with Crippen LogP contribution in [0.5, 0.6) is 11.5 Å². The normalized spacial score (nSPS) is 12.2. The van der Waals surface area contributed by atoms with E-state index in [-0.39, 0.29) is 6.04 Å². The van der Waals surface area contributed by atoms with E-state index in [0.29, 0.717) is 0 Å². The highest BCUT2D eigenvalue weighted by molar-refractivity contribution is 5.43. The summed E-state index contributed by atoms with van der Waals surface area (Å²) in [7, 11) is 5.14. The summed E-state index contributed by atoms with van der Waals surface area (Å²) in [5, 5.41) is 4.13. The van der Waals surface area contributed by atoms with E-state index in [1.165, 1.54) is 0 Å². The number of aryl methyl sites for hydroxylation is 1. The van der Waals surface area contributed by atoms with Crippen LogP contribution in [0.25, 0.3) is 0 Å². The summed E-state index contributed by atoms with van der Waals surface area (Å²) < 4.78 is 12.3. The summed E-state index contributed by atoms with van der Waals surface area (Å²) in [6.07, 6.45) is 2.48. The van der Waals surface area contributed by atoms with E-state index in [4.69, 9.17) is 15.2 Å². The third-order valence-electron chi connectivity index (χ3n) is 3.14. The smallest absolute Gasteiger partial charge is 0.160 e. The topological polar surface area (TPSA) is 62.3 Å². The first-order valence-corrected chi connectivity index (χ1v) is 6.10. The monoisotopic (exact) mass is 261 g/mol. The lowest BCUT2D eigenvalue weighted by atomic mass is 10.0. The van der Waals surface area contributed by atoms with Gasteiger partial charge in [-0.25, -0.2) is 0 Å². The number of ether oxygens (including phenoxy) is 2. The van der Waals surface area contributed by atoms with Gasteiger partial charge in [0.05, 0.1) is 26.0 Å². The Morgan fingerprint density at radius 2 is 1.95 bits per heavy atom. The second-order valence-electron chi connectivity index (χ2n) is 4.38. The third kappa shape index (κ3) is 2.88. The molecule has 5 heteroatoms. The standard InChI is InChI=1S/C14H19N3O2/c1-17-12(6-7-16-17)11(15)8-10-4-5-13(18-2)14(9-10)19-3/h4-7,9,11H,8,15H2,1-3H3. The summed E-state index contributed by atoms with van der Waals surface area (Å²) in [5.41, 5.74) is 8.31. The Morgan fingerprint density at radius 3 is 2.53 bits per heavy atom. The maximum absolute atomic E-state index is 6.20. The molecule has 0 radical (unpaired) electrons. The summed E-state index contributed by atoms with van der Waals surface area (Å²) >= 11 is 0. The van der Waals surface area contributed by atoms with E-state index in [1.807, 2.05) is 31.3 Å². The van der Waals surface area contributed by atoms with Crippen molar-refractivity contribution in [3.8, 4) is 11.5 Å². The van der Waals surface area contributed by atoms with Crippen LogP contribution >= 0.6 is 0 Å². The summed E-state index contributed by atoms with van der Waals surface area (Å²) in [6, 6.07) is 7.69. The van der Waals surface area contributed by atoms with Crippen molar-refractivity contribution in [3.63, 3.8) is 0 Å². The van der Waals surface area contributed by atoms with Crippen molar-refractivity contribution in [1.82, 2.24) is 9.78 Å². The highest BCUT2D eigenvalue weighted by atomic mass is 16.5. The zero-order valence-electron chi connectivity index (χ0n) is 11.5. The Kier molecular flexibility index (Phi) is 4.06. The van der Waals surface area contributed by atoms with E-state index in [2.05, 4.69) is 5.10 Å². The molecule has 0 fully saturated rings. The number of hydrogen-bond donors (Lipinski definition) is 1. The first kappa shape index (κ1) is 13.4. The van der Waals surface area contributed by atoms with Gasteiger partial charge in [-0.3, -0.25) is 4.68 Å². The summed E-state index contributed by atoms with van der Waals surface area (Å²) in [5.74, 6) is 1.44. The Hall–Kier alpha value is -2.01. The van der Waals surface area contributed by atoms with Crippen LogP contribution < -0.4 is 15.2 Å². The number of aromatic nitrogens is 2. The van der Waals surface area contributed by atoms with Crippen LogP contribution in [0.1, 0.15) is 17.3 Å². The number of nitrogens with zero attached hydrogens (tertiary/aromatic N) is 2. The molecular weight excluding hydrogens is 242 g/mol. The van der Waals surface area contributed by atoms with Crippen molar-refractivity contribution < 1.29 is 9.47 Å². The SMILES string of the molecule is COc1ccc(CC(N)c2ccnn2C)cc1OC. The fourth-order valence-corrected chi connectivity index (χ4v) is 2.11. The van der Waals surface area contributed by atoms with Gasteiger partial charge in [-0.05, 0) is 30.2 Å². The second kappa shape index (κ2) is 5.75. The average Bonchev–Trinajstić information content (AvgIpc) is 2.85. The molecule has 1 aromatic carbocycles. The first-order valence-electron chi connectivity index (χ1n) is 6.10. The number of benzene rings is 1. The average molecular weight is 261 g/mol. The Morgan fingerprint density at radius 1 is 1.21 bits per heavy atom. The molecule has 1 unspecified atom stereocenters. The van der Waals surface area contributed by atoms with Gasteiger partial charge in [-0.2, -0.15) is 5.10 Å². The molecule has 0 amide bonds. The molecule has 19 heavy (non-hydrogen) atoms. The second-order valence-corrected chi connectivity index (χ2v) is 4.38. The number of methoxy groups -OCH3 is 2. The van der Waals surface area contributed by atoms with Crippen molar-refractivity contribution in [3.05, 3.63) is 41.7 Å². The fourth-order valence-electron chi connectivity index (χ4n) is 2.11. The van der Waals surface area contributed by atoms with Gasteiger partial charge in [0.15, 0.2) is 11.5 Å². The molecule has 1 heterocycles. The van der Waals surface area contributed by atoms with Crippen LogP contribution in [0.2, 0.25) is 0 Å². The molecular formula is C14H19N3O2. The molecule has 0 aliphatic heterocycles. The van der Waals surface area contributed by atoms with Crippen LogP contribution in [0, 0.1) is 0 Å². The predicted molar refractivity (Wildman–Crippen MR) is 73.4 cm³/mol. The van der Waals surface area contributed by atoms with Crippen LogP contribution in [0.4, 0.5) is 0 Å². The van der Waals surface area contributed by atoms with Crippen molar-refractivity contribution in [2.45, 2.75) is 12.5 Å². The minimum Gasteiger partial charge on any atom is -0.493 e. The van der Waals surface area contributed by atoms with E-state index >= 15 is 0 Å². The number of hydrogen-bond acceptors (Lipinski definition) is 4. The van der Waals surface area contributed by atoms with Crippen molar-refractivity contribution in [2.24, 2.45) is 12.8 Å². The van der Waals surface area contributed by atoms with Gasteiger partial charge >= 0.3 is 0 Å². The predicted octanol–water partition coefficient (Wildman–Crippen LogP) is 1.68. The molecule has 2 N–H and O–H groups in total. The van der Waals surface area contributed by atoms with Crippen molar-refractivity contribution >= 4 is 0 Å². The highest BCUT2D eigenvalue weighted by Crippen LogP contribution is 2.29. The van der Waals surface area contributed by atoms with Gasteiger partial charge in [0.1, 0.15) is 0 Å². The van der Waals surface area contributed by atoms with Gasteiger partial charge in [-0.1, -0.05) is 6.07 Å². The molecule has 0 saturated heterocycles. The van der Waals surface area contributed by atoms with E-state index in [1.54, 1.807) is 25.1 Å². The van der Waals surface area contributed by atoms with Gasteiger partial charge in [0.2, 0.25) is 0 Å². The summed E-state index contributed by atoms with van der Waals surface area (Å²) in [4.78, 5) is 0. The fraction of sp³-hybridized carbons (Fsp3) is 0.357. The molecule has 0 bridgehead atoms. The highest BCUT2D eigenvalue weighted by Gasteiger charge is 2.12. The number of rotatable bonds is 5. The quantitative estimate of drug-likeness (QED) is 0.889. The first-order chi connectivity index (χ1) is 9.15. The van der Waals surface area contributed by atoms with E-state index in [9.17, 15) is 0 Å². The molecule has 2 rings (SSSR count). The molecule has 1 aromatic heterocycles. The Labute approximate surface area is 112 Å². The van der Waals surface area contributed by atoms with Crippen molar-refractivity contribution in [2.75, 3.05) is 14.2 Å². The Balaban J connectivity index is 2.17. The van der Waals surface area contributed by atoms with E-state index in [0.717, 1.165) is 29.2 Å². The largest absolute Gasteiger partial charge is 0.493 e. The maximum atomic E-state index is 6.20. The van der Waals surface area contributed by atoms with Crippen LogP contribution in [-0.4, -0.2) is 24.0 Å². The molecule has 0 aliphatic carbocycles. The zero-order chi connectivity index (χ0) is 13.8. The lowest BCUT2D eigenvalue weighted by molar-refractivity contribution is 0.354. The molecule has 0 spiro atoms. The van der Waals surface area contributed by atoms with Crippen LogP contribution in [0.15, 0.2) is 30.5 Å². The van der Waals surface area contributed by atoms with Gasteiger partial charge in [-0.15, -0.1) is 0 Å². The maximum Gasteiger partial charge on any atom is 0.160 e. The molecule has 102 valence electrons. The number of nitrogens with two attached hydrogens (primary N) is 1. The lowest BCUT2D eigenvalue weighted by Crippen LogP contribution is -2.17. The van der Waals surface area contributed by atoms with Crippen LogP contribution in [-0.2, 0) is 13.5 Å². The van der Waals surface area contributed by atoms with Gasteiger partial charge in [0.25, 0.3) is 0 Å². The molecule has 0 saturated carbocycles. The summed E-state index contributed by atoms with van der Waals surface area (Å²) in [6.45, 7) is 0. The molecule has 0 aliphatic rings. The molecule has 5 nitrogen and oxygen atoms in total. The third-order valence-corrected chi connectivity index (χ3v) is 3.14. The van der Waals surface area contributed by atoms with Gasteiger partial charge in [0, 0.05) is 13.2 Å². The minimum atomic E-state index is -0.0920. The lowest BCUT2D eigenvalue weighted by Gasteiger charge is -2.14. The zero-order valence-corrected chi connectivity index (χ0v) is 11.5. The van der Waals surface area contributed by atoms with Gasteiger partial charge < -0.3 is 15.2 Å². The Bertz CT molecular complexity index is 551. The molecule has 2 aromatic rings. The van der Waals surface area contributed by atoms with Crippen molar-refractivity contribution in [1.29, 1.82) is 0 Å². The van der Waals surface area contributed by atoms with E-state index < -0.39 is 0 Å².